The molecule has 2 bridgehead atoms. The molecule has 0 amide bonds. The molecule has 1 heteroatoms. The van der Waals surface area contributed by atoms with Crippen molar-refractivity contribution < 1.29 is 4.79 Å². The fourth-order valence-corrected chi connectivity index (χ4v) is 7.50. The third kappa shape index (κ3) is 1.53. The molecule has 0 aliphatic heterocycles. The lowest BCUT2D eigenvalue weighted by atomic mass is 9.41. The summed E-state index contributed by atoms with van der Waals surface area (Å²) in [5.41, 5.74) is 1.47. The fourth-order valence-electron chi connectivity index (χ4n) is 7.50. The van der Waals surface area contributed by atoms with E-state index in [1.54, 1.807) is 0 Å². The lowest BCUT2D eigenvalue weighted by molar-refractivity contribution is -0.144. The Kier molecular flexibility index (Phi) is 2.60. The van der Waals surface area contributed by atoms with Gasteiger partial charge in [0.2, 0.25) is 0 Å². The zero-order valence-corrected chi connectivity index (χ0v) is 13.5. The molecule has 0 aromatic carbocycles. The van der Waals surface area contributed by atoms with Crippen LogP contribution in [0.4, 0.5) is 0 Å². The first-order valence-corrected chi connectivity index (χ1v) is 8.90. The van der Waals surface area contributed by atoms with E-state index in [0.29, 0.717) is 27.9 Å². The summed E-state index contributed by atoms with van der Waals surface area (Å²) >= 11 is 0. The van der Waals surface area contributed by atoms with Gasteiger partial charge in [-0.15, -0.1) is 0 Å². The van der Waals surface area contributed by atoms with Crippen molar-refractivity contribution in [2.75, 3.05) is 0 Å². The molecule has 1 spiro atoms. The van der Waals surface area contributed by atoms with Gasteiger partial charge in [-0.05, 0) is 73.0 Å². The van der Waals surface area contributed by atoms with Crippen molar-refractivity contribution in [1.29, 1.82) is 0 Å². The van der Waals surface area contributed by atoms with Gasteiger partial charge in [0, 0.05) is 12.3 Å². The van der Waals surface area contributed by atoms with Crippen LogP contribution in [0.1, 0.15) is 78.6 Å². The van der Waals surface area contributed by atoms with E-state index in [2.05, 4.69) is 20.8 Å². The molecule has 4 saturated carbocycles. The van der Waals surface area contributed by atoms with E-state index < -0.39 is 0 Å². The zero-order valence-electron chi connectivity index (χ0n) is 13.5. The minimum atomic E-state index is 0.429. The second-order valence-electron chi connectivity index (χ2n) is 9.48. The second kappa shape index (κ2) is 3.90. The summed E-state index contributed by atoms with van der Waals surface area (Å²) in [4.78, 5) is 12.3. The van der Waals surface area contributed by atoms with Gasteiger partial charge in [-0.1, -0.05) is 27.2 Å². The van der Waals surface area contributed by atoms with Gasteiger partial charge in [0.05, 0.1) is 0 Å². The SMILES string of the molecule is CC1(C)CCC[C@@]2(C)[C@H]1CC[C@]13CC(=O)[C@@H](CC[C@@H]12)C3. The van der Waals surface area contributed by atoms with E-state index in [1.807, 2.05) is 0 Å². The van der Waals surface area contributed by atoms with Crippen LogP contribution in [0, 0.1) is 34.0 Å². The highest BCUT2D eigenvalue weighted by Crippen LogP contribution is 2.70. The summed E-state index contributed by atoms with van der Waals surface area (Å²) in [7, 11) is 0. The predicted octanol–water partition coefficient (Wildman–Crippen LogP) is 4.99. The van der Waals surface area contributed by atoms with Crippen molar-refractivity contribution in [1.82, 2.24) is 0 Å². The molecular weight excluding hydrogens is 244 g/mol. The number of rotatable bonds is 0. The van der Waals surface area contributed by atoms with Gasteiger partial charge in [0.15, 0.2) is 0 Å². The summed E-state index contributed by atoms with van der Waals surface area (Å²) in [5, 5.41) is 0. The van der Waals surface area contributed by atoms with Crippen LogP contribution in [0.25, 0.3) is 0 Å². The van der Waals surface area contributed by atoms with E-state index in [0.717, 1.165) is 18.3 Å². The zero-order chi connectivity index (χ0) is 14.2. The number of ketones is 1. The molecule has 0 aromatic heterocycles. The molecule has 20 heavy (non-hydrogen) atoms. The summed E-state index contributed by atoms with van der Waals surface area (Å²) in [5.74, 6) is 2.80. The molecule has 4 aliphatic carbocycles. The van der Waals surface area contributed by atoms with E-state index in [-0.39, 0.29) is 0 Å². The van der Waals surface area contributed by atoms with Crippen molar-refractivity contribution >= 4 is 5.78 Å². The Morgan fingerprint density at radius 2 is 1.75 bits per heavy atom. The highest BCUT2D eigenvalue weighted by atomic mass is 16.1. The number of hydrogen-bond donors (Lipinski definition) is 0. The lowest BCUT2D eigenvalue weighted by Crippen LogP contribution is -2.55. The van der Waals surface area contributed by atoms with Gasteiger partial charge in [-0.3, -0.25) is 4.79 Å². The van der Waals surface area contributed by atoms with Crippen molar-refractivity contribution in [2.45, 2.75) is 78.6 Å². The molecule has 0 aromatic rings. The number of carbonyl (C=O) groups is 1. The second-order valence-corrected chi connectivity index (χ2v) is 9.48. The summed E-state index contributed by atoms with van der Waals surface area (Å²) in [6.45, 7) is 7.63. The smallest absolute Gasteiger partial charge is 0.136 e. The van der Waals surface area contributed by atoms with Crippen LogP contribution in [0.5, 0.6) is 0 Å². The van der Waals surface area contributed by atoms with Crippen molar-refractivity contribution in [3.05, 3.63) is 0 Å². The van der Waals surface area contributed by atoms with Crippen LogP contribution < -0.4 is 0 Å². The predicted molar refractivity (Wildman–Crippen MR) is 81.4 cm³/mol. The normalized spacial score (nSPS) is 53.4. The molecule has 0 unspecified atom stereocenters. The summed E-state index contributed by atoms with van der Waals surface area (Å²) < 4.78 is 0. The molecule has 0 radical (unpaired) electrons. The molecule has 4 aliphatic rings. The molecular formula is C19H30O. The highest BCUT2D eigenvalue weighted by Gasteiger charge is 2.63. The van der Waals surface area contributed by atoms with Crippen LogP contribution in [0.15, 0.2) is 0 Å². The van der Waals surface area contributed by atoms with Crippen molar-refractivity contribution in [3.63, 3.8) is 0 Å². The molecule has 112 valence electrons. The molecule has 0 saturated heterocycles. The van der Waals surface area contributed by atoms with Crippen LogP contribution in [-0.2, 0) is 4.79 Å². The van der Waals surface area contributed by atoms with Crippen LogP contribution in [0.2, 0.25) is 0 Å². The molecule has 0 heterocycles. The molecule has 0 N–H and O–H groups in total. The number of carbonyl (C=O) groups excluding carboxylic acids is 1. The van der Waals surface area contributed by atoms with Gasteiger partial charge < -0.3 is 0 Å². The van der Waals surface area contributed by atoms with Crippen LogP contribution >= 0.6 is 0 Å². The van der Waals surface area contributed by atoms with Crippen LogP contribution in [-0.4, -0.2) is 5.78 Å². The van der Waals surface area contributed by atoms with Gasteiger partial charge in [0.1, 0.15) is 5.78 Å². The van der Waals surface area contributed by atoms with Crippen molar-refractivity contribution in [2.24, 2.45) is 34.0 Å². The van der Waals surface area contributed by atoms with Gasteiger partial charge >= 0.3 is 0 Å². The molecule has 1 nitrogen and oxygen atoms in total. The Bertz CT molecular complexity index is 451. The van der Waals surface area contributed by atoms with E-state index in [4.69, 9.17) is 0 Å². The monoisotopic (exact) mass is 274 g/mol. The third-order valence-corrected chi connectivity index (χ3v) is 8.18. The Morgan fingerprint density at radius 1 is 0.950 bits per heavy atom. The first-order chi connectivity index (χ1) is 9.37. The standard InChI is InChI=1S/C19H30O/c1-17(2)8-4-9-18(3)15(17)7-10-19-11-13(14(20)12-19)5-6-16(18)19/h13,15-16H,4-12H2,1-3H3/t13-,15-,16+,18-,19-/m0/s1. The van der Waals surface area contributed by atoms with Gasteiger partial charge in [0.25, 0.3) is 0 Å². The average molecular weight is 274 g/mol. The van der Waals surface area contributed by atoms with Gasteiger partial charge in [-0.25, -0.2) is 0 Å². The first-order valence-electron chi connectivity index (χ1n) is 8.90. The van der Waals surface area contributed by atoms with Crippen LogP contribution in [0.3, 0.4) is 0 Å². The Balaban J connectivity index is 1.74. The maximum atomic E-state index is 12.3. The van der Waals surface area contributed by atoms with E-state index in [1.165, 1.54) is 51.4 Å². The number of Topliss-reactive ketones (excluding diaryl/α,β-unsaturated/α-hetero) is 1. The van der Waals surface area contributed by atoms with Crippen molar-refractivity contribution in [3.8, 4) is 0 Å². The molecule has 4 fully saturated rings. The number of hydrogen-bond acceptors (Lipinski definition) is 1. The summed E-state index contributed by atoms with van der Waals surface area (Å²) in [6, 6.07) is 0. The summed E-state index contributed by atoms with van der Waals surface area (Å²) in [6.07, 6.45) is 11.7. The average Bonchev–Trinajstić information content (AvgIpc) is 2.58. The molecule has 5 atom stereocenters. The third-order valence-electron chi connectivity index (χ3n) is 8.18. The minimum absolute atomic E-state index is 0.429. The number of fused-ring (bicyclic) bond motifs is 3. The largest absolute Gasteiger partial charge is 0.299 e. The topological polar surface area (TPSA) is 17.1 Å². The fraction of sp³-hybridized carbons (Fsp3) is 0.947. The van der Waals surface area contributed by atoms with Gasteiger partial charge in [-0.2, -0.15) is 0 Å². The Hall–Kier alpha value is -0.330. The van der Waals surface area contributed by atoms with E-state index in [9.17, 15) is 4.79 Å². The Morgan fingerprint density at radius 3 is 2.55 bits per heavy atom. The lowest BCUT2D eigenvalue weighted by Gasteiger charge is -2.63. The van der Waals surface area contributed by atoms with E-state index >= 15 is 0 Å². The maximum absolute atomic E-state index is 12.3. The minimum Gasteiger partial charge on any atom is -0.299 e. The quantitative estimate of drug-likeness (QED) is 0.608. The Labute approximate surface area is 123 Å². The highest BCUT2D eigenvalue weighted by molar-refractivity contribution is 5.84. The maximum Gasteiger partial charge on any atom is 0.136 e. The first kappa shape index (κ1) is 13.3. The molecule has 4 rings (SSSR count).